The summed E-state index contributed by atoms with van der Waals surface area (Å²) >= 11 is 0. The molecule has 108 valence electrons. The number of amides is 1. The Bertz CT molecular complexity index is 443. The van der Waals surface area contributed by atoms with Gasteiger partial charge in [0.05, 0.1) is 6.04 Å². The van der Waals surface area contributed by atoms with E-state index in [9.17, 15) is 4.79 Å². The van der Waals surface area contributed by atoms with Crippen molar-refractivity contribution in [3.63, 3.8) is 0 Å². The maximum absolute atomic E-state index is 11.9. The molecular formula is C16H22N2O2. The lowest BCUT2D eigenvalue weighted by molar-refractivity contribution is 0.154. The molecule has 2 saturated heterocycles. The van der Waals surface area contributed by atoms with Crippen LogP contribution in [0.5, 0.6) is 0 Å². The van der Waals surface area contributed by atoms with Crippen LogP contribution in [-0.2, 0) is 4.74 Å². The lowest BCUT2D eigenvalue weighted by Gasteiger charge is -2.27. The van der Waals surface area contributed by atoms with Crippen molar-refractivity contribution in [1.29, 1.82) is 0 Å². The number of cyclic esters (lactones) is 1. The first-order valence-electron chi connectivity index (χ1n) is 7.53. The Kier molecular flexibility index (Phi) is 4.21. The van der Waals surface area contributed by atoms with E-state index in [0.29, 0.717) is 6.61 Å². The molecule has 1 amide bonds. The molecule has 1 atom stereocenters. The Morgan fingerprint density at radius 3 is 2.70 bits per heavy atom. The molecule has 4 nitrogen and oxygen atoms in total. The highest BCUT2D eigenvalue weighted by atomic mass is 16.6. The smallest absolute Gasteiger partial charge is 0.410 e. The van der Waals surface area contributed by atoms with Gasteiger partial charge in [-0.1, -0.05) is 30.3 Å². The van der Waals surface area contributed by atoms with Crippen LogP contribution in [0.1, 0.15) is 30.9 Å². The molecule has 0 bridgehead atoms. The Hall–Kier alpha value is -1.55. The SMILES string of the molecule is O=C1OC[C@H](c2ccccc2)N1CCC1CCNCC1. The molecule has 20 heavy (non-hydrogen) atoms. The first kappa shape index (κ1) is 13.4. The molecule has 2 heterocycles. The van der Waals surface area contributed by atoms with Gasteiger partial charge in [-0.05, 0) is 43.8 Å². The second kappa shape index (κ2) is 6.27. The van der Waals surface area contributed by atoms with E-state index in [1.807, 2.05) is 23.1 Å². The third-order valence-electron chi connectivity index (χ3n) is 4.40. The number of nitrogens with zero attached hydrogens (tertiary/aromatic N) is 1. The van der Waals surface area contributed by atoms with Crippen LogP contribution in [0.4, 0.5) is 4.79 Å². The van der Waals surface area contributed by atoms with Crippen molar-refractivity contribution >= 4 is 6.09 Å². The average Bonchev–Trinajstić information content (AvgIpc) is 2.88. The van der Waals surface area contributed by atoms with E-state index in [2.05, 4.69) is 17.4 Å². The van der Waals surface area contributed by atoms with Crippen molar-refractivity contribution < 1.29 is 9.53 Å². The summed E-state index contributed by atoms with van der Waals surface area (Å²) in [5, 5.41) is 3.38. The summed E-state index contributed by atoms with van der Waals surface area (Å²) in [4.78, 5) is 13.8. The number of rotatable bonds is 4. The average molecular weight is 274 g/mol. The Morgan fingerprint density at radius 2 is 1.95 bits per heavy atom. The molecule has 0 aromatic heterocycles. The Balaban J connectivity index is 1.62. The molecule has 2 aliphatic rings. The fraction of sp³-hybridized carbons (Fsp3) is 0.562. The summed E-state index contributed by atoms with van der Waals surface area (Å²) in [6.45, 7) is 3.51. The number of carbonyl (C=O) groups excluding carboxylic acids is 1. The van der Waals surface area contributed by atoms with Gasteiger partial charge in [0.15, 0.2) is 0 Å². The highest BCUT2D eigenvalue weighted by Gasteiger charge is 2.34. The Morgan fingerprint density at radius 1 is 1.20 bits per heavy atom. The molecular weight excluding hydrogens is 252 g/mol. The number of piperidine rings is 1. The highest BCUT2D eigenvalue weighted by Crippen LogP contribution is 2.29. The molecule has 1 N–H and O–H groups in total. The monoisotopic (exact) mass is 274 g/mol. The zero-order chi connectivity index (χ0) is 13.8. The summed E-state index contributed by atoms with van der Waals surface area (Å²) in [5.74, 6) is 0.737. The number of hydrogen-bond acceptors (Lipinski definition) is 3. The lowest BCUT2D eigenvalue weighted by atomic mass is 9.94. The minimum atomic E-state index is -0.159. The van der Waals surface area contributed by atoms with Crippen molar-refractivity contribution in [2.24, 2.45) is 5.92 Å². The zero-order valence-corrected chi connectivity index (χ0v) is 11.8. The fourth-order valence-electron chi connectivity index (χ4n) is 3.14. The summed E-state index contributed by atoms with van der Waals surface area (Å²) in [6.07, 6.45) is 3.37. The molecule has 4 heteroatoms. The van der Waals surface area contributed by atoms with E-state index in [1.54, 1.807) is 0 Å². The van der Waals surface area contributed by atoms with E-state index in [-0.39, 0.29) is 12.1 Å². The highest BCUT2D eigenvalue weighted by molar-refractivity contribution is 5.70. The van der Waals surface area contributed by atoms with Gasteiger partial charge in [0.25, 0.3) is 0 Å². The normalized spacial score (nSPS) is 23.9. The van der Waals surface area contributed by atoms with Crippen LogP contribution in [0.2, 0.25) is 0 Å². The molecule has 0 unspecified atom stereocenters. The maximum atomic E-state index is 11.9. The van der Waals surface area contributed by atoms with Crippen LogP contribution in [-0.4, -0.2) is 37.2 Å². The summed E-state index contributed by atoms with van der Waals surface area (Å²) in [6, 6.07) is 10.3. The third kappa shape index (κ3) is 2.96. The van der Waals surface area contributed by atoms with Gasteiger partial charge >= 0.3 is 6.09 Å². The quantitative estimate of drug-likeness (QED) is 0.917. The number of nitrogens with one attached hydrogen (secondary N) is 1. The Labute approximate surface area is 120 Å². The van der Waals surface area contributed by atoms with Crippen molar-refractivity contribution in [2.75, 3.05) is 26.2 Å². The predicted octanol–water partition coefficient (Wildman–Crippen LogP) is 2.57. The van der Waals surface area contributed by atoms with E-state index in [0.717, 1.165) is 32.0 Å². The van der Waals surface area contributed by atoms with Gasteiger partial charge in [0.1, 0.15) is 6.61 Å². The van der Waals surface area contributed by atoms with Gasteiger partial charge < -0.3 is 10.1 Å². The summed E-state index contributed by atoms with van der Waals surface area (Å²) in [7, 11) is 0. The predicted molar refractivity (Wildman–Crippen MR) is 77.4 cm³/mol. The van der Waals surface area contributed by atoms with Crippen molar-refractivity contribution in [2.45, 2.75) is 25.3 Å². The van der Waals surface area contributed by atoms with Crippen LogP contribution in [0.25, 0.3) is 0 Å². The van der Waals surface area contributed by atoms with Gasteiger partial charge in [-0.25, -0.2) is 4.79 Å². The van der Waals surface area contributed by atoms with Crippen LogP contribution in [0.15, 0.2) is 30.3 Å². The second-order valence-corrected chi connectivity index (χ2v) is 5.68. The van der Waals surface area contributed by atoms with Crippen molar-refractivity contribution in [3.8, 4) is 0 Å². The number of ether oxygens (including phenoxy) is 1. The van der Waals surface area contributed by atoms with Gasteiger partial charge in [0.2, 0.25) is 0 Å². The first-order valence-corrected chi connectivity index (χ1v) is 7.53. The maximum Gasteiger partial charge on any atom is 0.410 e. The molecule has 2 aliphatic heterocycles. The molecule has 1 aromatic carbocycles. The minimum absolute atomic E-state index is 0.0883. The number of carbonyl (C=O) groups is 1. The number of hydrogen-bond donors (Lipinski definition) is 1. The van der Waals surface area contributed by atoms with E-state index < -0.39 is 0 Å². The summed E-state index contributed by atoms with van der Waals surface area (Å²) < 4.78 is 5.25. The summed E-state index contributed by atoms with van der Waals surface area (Å²) in [5.41, 5.74) is 1.17. The van der Waals surface area contributed by atoms with Crippen molar-refractivity contribution in [1.82, 2.24) is 10.2 Å². The first-order chi connectivity index (χ1) is 9.84. The molecule has 0 aliphatic carbocycles. The van der Waals surface area contributed by atoms with Crippen LogP contribution >= 0.6 is 0 Å². The molecule has 2 fully saturated rings. The van der Waals surface area contributed by atoms with Gasteiger partial charge in [-0.2, -0.15) is 0 Å². The van der Waals surface area contributed by atoms with Gasteiger partial charge in [0, 0.05) is 6.54 Å². The van der Waals surface area contributed by atoms with Gasteiger partial charge in [-0.3, -0.25) is 4.90 Å². The number of benzene rings is 1. The largest absolute Gasteiger partial charge is 0.447 e. The molecule has 3 rings (SSSR count). The fourth-order valence-corrected chi connectivity index (χ4v) is 3.14. The molecule has 1 aromatic rings. The second-order valence-electron chi connectivity index (χ2n) is 5.68. The third-order valence-corrected chi connectivity index (χ3v) is 4.40. The van der Waals surface area contributed by atoms with Gasteiger partial charge in [-0.15, -0.1) is 0 Å². The van der Waals surface area contributed by atoms with E-state index in [4.69, 9.17) is 4.74 Å². The zero-order valence-electron chi connectivity index (χ0n) is 11.8. The van der Waals surface area contributed by atoms with E-state index >= 15 is 0 Å². The van der Waals surface area contributed by atoms with Crippen LogP contribution in [0.3, 0.4) is 0 Å². The standard InChI is InChI=1S/C16H22N2O2/c19-16-18(11-8-13-6-9-17-10-7-13)15(12-20-16)14-4-2-1-3-5-14/h1-5,13,15,17H,6-12H2/t15-/m1/s1. The minimum Gasteiger partial charge on any atom is -0.447 e. The molecule has 0 saturated carbocycles. The molecule has 0 radical (unpaired) electrons. The van der Waals surface area contributed by atoms with Crippen LogP contribution < -0.4 is 5.32 Å². The molecule has 0 spiro atoms. The van der Waals surface area contributed by atoms with Crippen molar-refractivity contribution in [3.05, 3.63) is 35.9 Å². The van der Waals surface area contributed by atoms with Crippen LogP contribution in [0, 0.1) is 5.92 Å². The topological polar surface area (TPSA) is 41.6 Å². The van der Waals surface area contributed by atoms with E-state index in [1.165, 1.54) is 18.4 Å². The lowest BCUT2D eigenvalue weighted by Crippen LogP contribution is -2.33.